The number of amides is 1. The van der Waals surface area contributed by atoms with Gasteiger partial charge in [0.25, 0.3) is 0 Å². The van der Waals surface area contributed by atoms with Gasteiger partial charge in [-0.1, -0.05) is 12.1 Å². The fraction of sp³-hybridized carbons (Fsp3) is 0.111. The van der Waals surface area contributed by atoms with Gasteiger partial charge in [-0.25, -0.2) is 0 Å². The molecule has 1 N–H and O–H groups in total. The number of carbonyl (C=O) groups is 1. The molecule has 0 heterocycles. The van der Waals surface area contributed by atoms with E-state index in [4.69, 9.17) is 5.26 Å². The molecule has 59 valence electrons. The minimum Gasteiger partial charge on any atom is -0.325 e. The highest BCUT2D eigenvalue weighted by molar-refractivity contribution is 5.91. The van der Waals surface area contributed by atoms with Crippen LogP contribution in [0, 0.1) is 17.4 Å². The van der Waals surface area contributed by atoms with Crippen molar-refractivity contribution in [1.29, 1.82) is 5.26 Å². The fourth-order valence-electron chi connectivity index (χ4n) is 0.747. The molecule has 0 fully saturated rings. The molecule has 0 unspecified atom stereocenters. The molecule has 1 amide bonds. The molecule has 0 aliphatic heterocycles. The van der Waals surface area contributed by atoms with Crippen LogP contribution in [0.1, 0.15) is 6.42 Å². The Morgan fingerprint density at radius 2 is 2.25 bits per heavy atom. The van der Waals surface area contributed by atoms with E-state index in [1.165, 1.54) is 0 Å². The van der Waals surface area contributed by atoms with Gasteiger partial charge in [0.1, 0.15) is 6.42 Å². The van der Waals surface area contributed by atoms with Gasteiger partial charge in [-0.3, -0.25) is 4.79 Å². The molecule has 0 saturated carbocycles. The molecule has 0 aliphatic rings. The second-order valence-electron chi connectivity index (χ2n) is 2.17. The Balaban J connectivity index is 2.54. The van der Waals surface area contributed by atoms with E-state index in [2.05, 4.69) is 11.4 Å². The number of nitrogens with zero attached hydrogens (tertiary/aromatic N) is 1. The van der Waals surface area contributed by atoms with E-state index in [-0.39, 0.29) is 12.3 Å². The van der Waals surface area contributed by atoms with E-state index in [1.807, 2.05) is 0 Å². The summed E-state index contributed by atoms with van der Waals surface area (Å²) in [6.45, 7) is 0. The summed E-state index contributed by atoms with van der Waals surface area (Å²) in [4.78, 5) is 10.9. The lowest BCUT2D eigenvalue weighted by Crippen LogP contribution is -2.09. The van der Waals surface area contributed by atoms with Gasteiger partial charge in [0.05, 0.1) is 6.07 Å². The van der Waals surface area contributed by atoms with Gasteiger partial charge < -0.3 is 5.32 Å². The lowest BCUT2D eigenvalue weighted by molar-refractivity contribution is -0.115. The molecule has 1 aromatic carbocycles. The molecule has 1 aromatic rings. The molecule has 0 atom stereocenters. The first kappa shape index (κ1) is 8.28. The zero-order valence-corrected chi connectivity index (χ0v) is 6.37. The SMILES string of the molecule is N#CCC(=O)Nc1cc[c]cc1. The van der Waals surface area contributed by atoms with Gasteiger partial charge in [-0.05, 0) is 18.2 Å². The predicted octanol–water partition coefficient (Wildman–Crippen LogP) is 1.34. The zero-order valence-electron chi connectivity index (χ0n) is 6.37. The molecular weight excluding hydrogens is 152 g/mol. The third-order valence-electron chi connectivity index (χ3n) is 1.24. The van der Waals surface area contributed by atoms with Gasteiger partial charge in [0.15, 0.2) is 0 Å². The highest BCUT2D eigenvalue weighted by Crippen LogP contribution is 2.04. The third kappa shape index (κ3) is 2.43. The number of anilines is 1. The van der Waals surface area contributed by atoms with Crippen LogP contribution in [0.4, 0.5) is 5.69 Å². The van der Waals surface area contributed by atoms with Gasteiger partial charge in [0, 0.05) is 5.69 Å². The van der Waals surface area contributed by atoms with Gasteiger partial charge in [-0.15, -0.1) is 0 Å². The number of rotatable bonds is 2. The summed E-state index contributed by atoms with van der Waals surface area (Å²) in [5.74, 6) is -0.288. The monoisotopic (exact) mass is 159 g/mol. The standard InChI is InChI=1S/C9H7N2O/c10-7-6-9(12)11-8-4-2-1-3-5-8/h2-5H,6H2,(H,11,12). The molecule has 3 nitrogen and oxygen atoms in total. The van der Waals surface area contributed by atoms with Crippen molar-refractivity contribution in [3.05, 3.63) is 30.3 Å². The minimum absolute atomic E-state index is 0.112. The molecule has 0 saturated heterocycles. The first-order chi connectivity index (χ1) is 5.83. The summed E-state index contributed by atoms with van der Waals surface area (Å²) in [5.41, 5.74) is 0.689. The molecule has 1 rings (SSSR count). The molecule has 0 bridgehead atoms. The number of hydrogen-bond acceptors (Lipinski definition) is 2. The Morgan fingerprint density at radius 1 is 1.58 bits per heavy atom. The topological polar surface area (TPSA) is 52.9 Å². The summed E-state index contributed by atoms with van der Waals surface area (Å²) in [7, 11) is 0. The lowest BCUT2D eigenvalue weighted by Gasteiger charge is -1.99. The summed E-state index contributed by atoms with van der Waals surface area (Å²) < 4.78 is 0. The number of benzene rings is 1. The van der Waals surface area contributed by atoms with Crippen LogP contribution in [0.25, 0.3) is 0 Å². The number of nitriles is 1. The van der Waals surface area contributed by atoms with Crippen LogP contribution in [0.2, 0.25) is 0 Å². The Hall–Kier alpha value is -1.82. The van der Waals surface area contributed by atoms with E-state index >= 15 is 0 Å². The van der Waals surface area contributed by atoms with Crippen LogP contribution in [-0.2, 0) is 4.79 Å². The second-order valence-corrected chi connectivity index (χ2v) is 2.17. The van der Waals surface area contributed by atoms with Crippen molar-refractivity contribution in [3.63, 3.8) is 0 Å². The van der Waals surface area contributed by atoms with Crippen molar-refractivity contribution in [2.75, 3.05) is 5.32 Å². The van der Waals surface area contributed by atoms with Crippen molar-refractivity contribution >= 4 is 11.6 Å². The summed E-state index contributed by atoms with van der Waals surface area (Å²) in [5, 5.41) is 10.8. The quantitative estimate of drug-likeness (QED) is 0.707. The Kier molecular flexibility index (Phi) is 2.86. The molecule has 12 heavy (non-hydrogen) atoms. The predicted molar refractivity (Wildman–Crippen MR) is 44.1 cm³/mol. The molecule has 0 aliphatic carbocycles. The van der Waals surface area contributed by atoms with Crippen LogP contribution < -0.4 is 5.32 Å². The second kappa shape index (κ2) is 4.14. The highest BCUT2D eigenvalue weighted by Gasteiger charge is 1.98. The molecule has 3 heteroatoms. The van der Waals surface area contributed by atoms with Crippen LogP contribution in [0.3, 0.4) is 0 Å². The zero-order chi connectivity index (χ0) is 8.81. The van der Waals surface area contributed by atoms with Crippen LogP contribution in [0.5, 0.6) is 0 Å². The number of hydrogen-bond donors (Lipinski definition) is 1. The maximum absolute atomic E-state index is 10.9. The first-order valence-electron chi connectivity index (χ1n) is 3.46. The van der Waals surface area contributed by atoms with Crippen molar-refractivity contribution in [1.82, 2.24) is 0 Å². The Labute approximate surface area is 70.6 Å². The van der Waals surface area contributed by atoms with E-state index in [9.17, 15) is 4.79 Å². The van der Waals surface area contributed by atoms with Crippen molar-refractivity contribution in [3.8, 4) is 6.07 Å². The van der Waals surface area contributed by atoms with E-state index < -0.39 is 0 Å². The summed E-state index contributed by atoms with van der Waals surface area (Å²) in [6, 6.07) is 11.4. The fourth-order valence-corrected chi connectivity index (χ4v) is 0.747. The normalized spacial score (nSPS) is 8.58. The number of nitrogens with one attached hydrogen (secondary N) is 1. The molecule has 0 spiro atoms. The molecule has 0 aromatic heterocycles. The van der Waals surface area contributed by atoms with Crippen molar-refractivity contribution < 1.29 is 4.79 Å². The average Bonchev–Trinajstić information content (AvgIpc) is 2.06. The molecular formula is C9H7N2O. The largest absolute Gasteiger partial charge is 0.325 e. The van der Waals surface area contributed by atoms with Crippen molar-refractivity contribution in [2.24, 2.45) is 0 Å². The van der Waals surface area contributed by atoms with Crippen LogP contribution >= 0.6 is 0 Å². The summed E-state index contributed by atoms with van der Waals surface area (Å²) >= 11 is 0. The maximum Gasteiger partial charge on any atom is 0.238 e. The van der Waals surface area contributed by atoms with Gasteiger partial charge in [-0.2, -0.15) is 5.26 Å². The van der Waals surface area contributed by atoms with E-state index in [0.717, 1.165) is 0 Å². The first-order valence-corrected chi connectivity index (χ1v) is 3.46. The highest BCUT2D eigenvalue weighted by atomic mass is 16.1. The minimum atomic E-state index is -0.288. The maximum atomic E-state index is 10.9. The Bertz CT molecular complexity index is 300. The van der Waals surface area contributed by atoms with Gasteiger partial charge in [0.2, 0.25) is 5.91 Å². The summed E-state index contributed by atoms with van der Waals surface area (Å²) in [6.07, 6.45) is -0.112. The number of carbonyl (C=O) groups excluding carboxylic acids is 1. The van der Waals surface area contributed by atoms with Crippen LogP contribution in [-0.4, -0.2) is 5.91 Å². The third-order valence-corrected chi connectivity index (χ3v) is 1.24. The Morgan fingerprint density at radius 3 is 2.83 bits per heavy atom. The van der Waals surface area contributed by atoms with E-state index in [1.54, 1.807) is 30.3 Å². The average molecular weight is 159 g/mol. The molecule has 1 radical (unpaired) electrons. The van der Waals surface area contributed by atoms with E-state index in [0.29, 0.717) is 5.69 Å². The smallest absolute Gasteiger partial charge is 0.238 e. The van der Waals surface area contributed by atoms with Crippen molar-refractivity contribution in [2.45, 2.75) is 6.42 Å². The van der Waals surface area contributed by atoms with Gasteiger partial charge >= 0.3 is 0 Å². The lowest BCUT2D eigenvalue weighted by atomic mass is 10.3. The van der Waals surface area contributed by atoms with Crippen LogP contribution in [0.15, 0.2) is 24.3 Å².